The first kappa shape index (κ1) is 36.3. The number of carbonyl (C=O) groups excluding carboxylic acids is 3. The number of carbonyl (C=O) groups is 3. The Hall–Kier alpha value is -5.50. The normalized spacial score (nSPS) is 14.6. The van der Waals surface area contributed by atoms with Gasteiger partial charge < -0.3 is 34.9 Å². The molecule has 1 unspecified atom stereocenters. The second-order valence-corrected chi connectivity index (χ2v) is 13.6. The summed E-state index contributed by atoms with van der Waals surface area (Å²) in [6.07, 6.45) is 4.10. The molecule has 15 heteroatoms. The van der Waals surface area contributed by atoms with Gasteiger partial charge in [0.05, 0.1) is 40.9 Å². The SMILES string of the molecule is CCOc1cc2cc(Nc3nc(N4CCC(C)(C(=O)Nc5ccc6c(C(CCC=O)C(=O)NC)nn(C)c6c5)CC4)ncc3Cl)ccc2n(C)c1=O. The van der Waals surface area contributed by atoms with Gasteiger partial charge in [-0.2, -0.15) is 10.1 Å². The van der Waals surface area contributed by atoms with Crippen molar-refractivity contribution in [2.75, 3.05) is 42.3 Å². The Labute approximate surface area is 305 Å². The highest BCUT2D eigenvalue weighted by molar-refractivity contribution is 6.33. The van der Waals surface area contributed by atoms with Crippen molar-refractivity contribution in [1.29, 1.82) is 0 Å². The van der Waals surface area contributed by atoms with Crippen molar-refractivity contribution in [1.82, 2.24) is 29.6 Å². The van der Waals surface area contributed by atoms with Gasteiger partial charge >= 0.3 is 0 Å². The molecule has 1 aliphatic heterocycles. The van der Waals surface area contributed by atoms with Gasteiger partial charge in [-0.05, 0) is 68.7 Å². The molecule has 3 N–H and O–H groups in total. The molecule has 1 atom stereocenters. The number of fused-ring (bicyclic) bond motifs is 2. The summed E-state index contributed by atoms with van der Waals surface area (Å²) in [5.74, 6) is 0.357. The molecule has 272 valence electrons. The van der Waals surface area contributed by atoms with Gasteiger partial charge in [-0.25, -0.2) is 4.98 Å². The van der Waals surface area contributed by atoms with Gasteiger partial charge in [-0.3, -0.25) is 19.1 Å². The standard InChI is InChI=1S/C37H42ClN9O5/c1-6-52-30-19-22-18-23(10-12-28(22)45(4)34(30)50)41-32-27(38)21-40-36(43-32)47-15-13-37(2,14-16-47)35(51)42-24-9-11-25-29(20-24)46(5)44-31(25)26(8-7-17-48)33(49)39-3/h9-12,17-21,26H,6-8,13-16H2,1-5H3,(H,39,49)(H,42,51)(H,40,41,43). The zero-order valence-electron chi connectivity index (χ0n) is 29.8. The van der Waals surface area contributed by atoms with Crippen molar-refractivity contribution < 1.29 is 19.1 Å². The van der Waals surface area contributed by atoms with Crippen molar-refractivity contribution in [3.8, 4) is 5.75 Å². The smallest absolute Gasteiger partial charge is 0.293 e. The predicted octanol–water partition coefficient (Wildman–Crippen LogP) is 5.06. The van der Waals surface area contributed by atoms with Crippen LogP contribution in [0.5, 0.6) is 5.75 Å². The summed E-state index contributed by atoms with van der Waals surface area (Å²) in [6, 6.07) is 12.9. The number of hydrogen-bond donors (Lipinski definition) is 3. The van der Waals surface area contributed by atoms with Gasteiger partial charge in [0, 0.05) is 62.8 Å². The lowest BCUT2D eigenvalue weighted by Gasteiger charge is -2.38. The molecule has 0 radical (unpaired) electrons. The number of nitrogens with zero attached hydrogens (tertiary/aromatic N) is 6. The number of aldehydes is 1. The largest absolute Gasteiger partial charge is 0.488 e. The molecule has 2 aromatic carbocycles. The number of anilines is 4. The fourth-order valence-electron chi connectivity index (χ4n) is 6.66. The van der Waals surface area contributed by atoms with Gasteiger partial charge in [0.2, 0.25) is 17.8 Å². The second kappa shape index (κ2) is 15.0. The summed E-state index contributed by atoms with van der Waals surface area (Å²) in [6.45, 7) is 5.29. The highest BCUT2D eigenvalue weighted by Crippen LogP contribution is 2.36. The number of aromatic nitrogens is 5. The van der Waals surface area contributed by atoms with Gasteiger partial charge in [0.15, 0.2) is 11.6 Å². The van der Waals surface area contributed by atoms with Gasteiger partial charge in [-0.1, -0.05) is 18.5 Å². The lowest BCUT2D eigenvalue weighted by Crippen LogP contribution is -2.45. The first-order valence-corrected chi connectivity index (χ1v) is 17.6. The Morgan fingerprint density at radius 3 is 2.54 bits per heavy atom. The van der Waals surface area contributed by atoms with E-state index in [-0.39, 0.29) is 29.5 Å². The highest BCUT2D eigenvalue weighted by atomic mass is 35.5. The Kier molecular flexibility index (Phi) is 10.5. The number of amides is 2. The van der Waals surface area contributed by atoms with Crippen LogP contribution in [0, 0.1) is 5.41 Å². The lowest BCUT2D eigenvalue weighted by atomic mass is 9.79. The number of rotatable bonds is 12. The molecular formula is C37H42ClN9O5. The van der Waals surface area contributed by atoms with Gasteiger partial charge in [0.25, 0.3) is 5.56 Å². The number of piperidine rings is 1. The van der Waals surface area contributed by atoms with E-state index >= 15 is 0 Å². The highest BCUT2D eigenvalue weighted by Gasteiger charge is 2.38. The third-order valence-electron chi connectivity index (χ3n) is 9.79. The maximum atomic E-state index is 13.7. The van der Waals surface area contributed by atoms with Crippen LogP contribution in [-0.4, -0.2) is 69.2 Å². The molecule has 3 aromatic heterocycles. The second-order valence-electron chi connectivity index (χ2n) is 13.2. The number of hydrogen-bond acceptors (Lipinski definition) is 10. The summed E-state index contributed by atoms with van der Waals surface area (Å²) in [5.41, 5.74) is 2.65. The number of aryl methyl sites for hydroxylation is 2. The molecule has 0 bridgehead atoms. The maximum Gasteiger partial charge on any atom is 0.293 e. The van der Waals surface area contributed by atoms with Crippen molar-refractivity contribution in [2.45, 2.75) is 45.4 Å². The Balaban J connectivity index is 1.13. The number of ether oxygens (including phenoxy) is 1. The van der Waals surface area contributed by atoms with E-state index in [2.05, 4.69) is 26.0 Å². The van der Waals surface area contributed by atoms with E-state index in [1.54, 1.807) is 42.7 Å². The third kappa shape index (κ3) is 7.15. The van der Waals surface area contributed by atoms with E-state index in [0.717, 1.165) is 33.8 Å². The fourth-order valence-corrected chi connectivity index (χ4v) is 6.79. The summed E-state index contributed by atoms with van der Waals surface area (Å²) < 4.78 is 8.79. The molecular weight excluding hydrogens is 686 g/mol. The van der Waals surface area contributed by atoms with Crippen molar-refractivity contribution in [3.63, 3.8) is 0 Å². The van der Waals surface area contributed by atoms with E-state index in [4.69, 9.17) is 21.3 Å². The quantitative estimate of drug-likeness (QED) is 0.148. The van der Waals surface area contributed by atoms with Gasteiger partial charge in [0.1, 0.15) is 11.3 Å². The van der Waals surface area contributed by atoms with Crippen LogP contribution in [0.15, 0.2) is 53.5 Å². The minimum absolute atomic E-state index is 0.0937. The van der Waals surface area contributed by atoms with Crippen LogP contribution in [0.3, 0.4) is 0 Å². The monoisotopic (exact) mass is 727 g/mol. The summed E-state index contributed by atoms with van der Waals surface area (Å²) >= 11 is 6.52. The molecule has 5 aromatic rings. The van der Waals surface area contributed by atoms with Crippen LogP contribution in [0.4, 0.5) is 23.1 Å². The minimum atomic E-state index is -0.638. The van der Waals surface area contributed by atoms with Crippen LogP contribution < -0.4 is 31.1 Å². The number of halogens is 1. The average molecular weight is 728 g/mol. The molecule has 14 nitrogen and oxygen atoms in total. The maximum absolute atomic E-state index is 13.7. The molecule has 0 aliphatic carbocycles. The molecule has 6 rings (SSSR count). The van der Waals surface area contributed by atoms with Crippen LogP contribution in [0.2, 0.25) is 5.02 Å². The van der Waals surface area contributed by atoms with E-state index in [9.17, 15) is 19.2 Å². The van der Waals surface area contributed by atoms with E-state index < -0.39 is 11.3 Å². The molecule has 2 amide bonds. The van der Waals surface area contributed by atoms with Crippen molar-refractivity contribution >= 4 is 74.6 Å². The van der Waals surface area contributed by atoms with Gasteiger partial charge in [-0.15, -0.1) is 0 Å². The molecule has 0 spiro atoms. The van der Waals surface area contributed by atoms with Crippen molar-refractivity contribution in [3.05, 3.63) is 69.7 Å². The van der Waals surface area contributed by atoms with Crippen molar-refractivity contribution in [2.24, 2.45) is 19.5 Å². The Bertz CT molecular complexity index is 2230. The Morgan fingerprint density at radius 2 is 1.83 bits per heavy atom. The molecule has 1 fully saturated rings. The van der Waals surface area contributed by atoms with Crippen LogP contribution in [0.1, 0.15) is 51.1 Å². The third-order valence-corrected chi connectivity index (χ3v) is 10.1. The van der Waals surface area contributed by atoms with Crippen LogP contribution in [-0.2, 0) is 28.5 Å². The number of likely N-dealkylation sites (N-methyl/N-ethyl adjacent to an activating group) is 1. The summed E-state index contributed by atoms with van der Waals surface area (Å²) in [4.78, 5) is 61.2. The first-order chi connectivity index (χ1) is 25.0. The molecule has 1 saturated heterocycles. The lowest BCUT2D eigenvalue weighted by molar-refractivity contribution is -0.126. The average Bonchev–Trinajstić information content (AvgIpc) is 3.46. The number of pyridine rings is 1. The number of benzene rings is 2. The van der Waals surface area contributed by atoms with E-state index in [1.807, 2.05) is 55.1 Å². The molecule has 0 saturated carbocycles. The van der Waals surface area contributed by atoms with E-state index in [1.165, 1.54) is 0 Å². The minimum Gasteiger partial charge on any atom is -0.488 e. The predicted molar refractivity (Wildman–Crippen MR) is 202 cm³/mol. The first-order valence-electron chi connectivity index (χ1n) is 17.2. The zero-order chi connectivity index (χ0) is 37.2. The molecule has 52 heavy (non-hydrogen) atoms. The zero-order valence-corrected chi connectivity index (χ0v) is 30.6. The van der Waals surface area contributed by atoms with Crippen LogP contribution in [0.25, 0.3) is 21.8 Å². The fraction of sp³-hybridized carbons (Fsp3) is 0.378. The molecule has 1 aliphatic rings. The topological polar surface area (TPSA) is 165 Å². The Morgan fingerprint density at radius 1 is 1.08 bits per heavy atom. The molecule has 4 heterocycles. The summed E-state index contributed by atoms with van der Waals surface area (Å²) in [5, 5.41) is 15.6. The summed E-state index contributed by atoms with van der Waals surface area (Å²) in [7, 11) is 5.07. The number of nitrogens with one attached hydrogen (secondary N) is 3. The van der Waals surface area contributed by atoms with Crippen LogP contribution >= 0.6 is 11.6 Å². The van der Waals surface area contributed by atoms with E-state index in [0.29, 0.717) is 67.1 Å².